The highest BCUT2D eigenvalue weighted by Crippen LogP contribution is 2.58. The third-order valence-corrected chi connectivity index (χ3v) is 9.56. The molecule has 33 heavy (non-hydrogen) atoms. The maximum atomic E-state index is 13.2. The zero-order chi connectivity index (χ0) is 24.0. The number of aliphatic carboxylic acids is 1. The van der Waals surface area contributed by atoms with Gasteiger partial charge in [0.25, 0.3) is 10.0 Å². The maximum Gasteiger partial charge on any atom is 0.325 e. The molecular formula is C23H25N3O4S2Si. The van der Waals surface area contributed by atoms with Crippen molar-refractivity contribution >= 4 is 35.4 Å². The Morgan fingerprint density at radius 1 is 1.21 bits per heavy atom. The number of carboxylic acid groups (broad SMARTS) is 1. The molecule has 2 aromatic heterocycles. The van der Waals surface area contributed by atoms with Gasteiger partial charge in [-0.3, -0.25) is 4.79 Å². The molecule has 10 heteroatoms. The van der Waals surface area contributed by atoms with Gasteiger partial charge in [0.15, 0.2) is 0 Å². The van der Waals surface area contributed by atoms with Crippen molar-refractivity contribution in [1.29, 1.82) is 0 Å². The van der Waals surface area contributed by atoms with Crippen LogP contribution in [0.3, 0.4) is 0 Å². The van der Waals surface area contributed by atoms with Gasteiger partial charge in [-0.2, -0.15) is 9.82 Å². The number of aromatic nitrogens is 2. The number of hydrogen-bond donors (Lipinski definition) is 2. The van der Waals surface area contributed by atoms with Gasteiger partial charge in [0, 0.05) is 12.1 Å². The lowest BCUT2D eigenvalue weighted by molar-refractivity contribution is -0.140. The highest BCUT2D eigenvalue weighted by molar-refractivity contribution is 7.91. The van der Waals surface area contributed by atoms with Crippen molar-refractivity contribution in [3.63, 3.8) is 0 Å². The Morgan fingerprint density at radius 2 is 1.91 bits per heavy atom. The van der Waals surface area contributed by atoms with E-state index in [2.05, 4.69) is 40.9 Å². The first kappa shape index (κ1) is 23.4. The molecule has 3 aromatic rings. The molecule has 0 bridgehead atoms. The second kappa shape index (κ2) is 8.25. The Labute approximate surface area is 198 Å². The van der Waals surface area contributed by atoms with Crippen LogP contribution in [-0.2, 0) is 14.8 Å². The summed E-state index contributed by atoms with van der Waals surface area (Å²) in [6.07, 6.45) is 3.41. The highest BCUT2D eigenvalue weighted by Gasteiger charge is 2.70. The lowest BCUT2D eigenvalue weighted by Gasteiger charge is -2.15. The summed E-state index contributed by atoms with van der Waals surface area (Å²) in [6.45, 7) is 8.21. The average Bonchev–Trinajstić information content (AvgIpc) is 3.17. The largest absolute Gasteiger partial charge is 0.480 e. The summed E-state index contributed by atoms with van der Waals surface area (Å²) >= 11 is 1.03. The SMILES string of the molecule is C[C@@H]1[C@H](c2ccccc2)[C@]1(NS(=O)(=O)c1ccc(-n2cc(C#C[Si](C)(C)C)cn2)s1)C(=O)O. The van der Waals surface area contributed by atoms with Crippen molar-refractivity contribution < 1.29 is 18.3 Å². The quantitative estimate of drug-likeness (QED) is 0.398. The molecule has 2 N–H and O–H groups in total. The summed E-state index contributed by atoms with van der Waals surface area (Å²) in [5.41, 5.74) is 3.26. The van der Waals surface area contributed by atoms with Crippen molar-refractivity contribution in [2.45, 2.75) is 42.2 Å². The minimum Gasteiger partial charge on any atom is -0.480 e. The fourth-order valence-electron chi connectivity index (χ4n) is 3.92. The summed E-state index contributed by atoms with van der Waals surface area (Å²) in [5.74, 6) is 1.12. The number of carboxylic acids is 1. The zero-order valence-electron chi connectivity index (χ0n) is 18.7. The first-order valence-corrected chi connectivity index (χ1v) is 16.2. The molecule has 0 radical (unpaired) electrons. The predicted molar refractivity (Wildman–Crippen MR) is 131 cm³/mol. The molecule has 1 aromatic carbocycles. The van der Waals surface area contributed by atoms with E-state index < -0.39 is 35.5 Å². The molecule has 3 atom stereocenters. The molecule has 1 aliphatic carbocycles. The second-order valence-corrected chi connectivity index (χ2v) is 16.9. The smallest absolute Gasteiger partial charge is 0.325 e. The Hall–Kier alpha value is -2.71. The molecule has 0 saturated heterocycles. The lowest BCUT2D eigenvalue weighted by Crippen LogP contribution is -2.45. The molecule has 1 fully saturated rings. The van der Waals surface area contributed by atoms with Gasteiger partial charge in [0.1, 0.15) is 22.8 Å². The lowest BCUT2D eigenvalue weighted by atomic mass is 10.1. The highest BCUT2D eigenvalue weighted by atomic mass is 32.2. The molecule has 1 saturated carbocycles. The van der Waals surface area contributed by atoms with Crippen molar-refractivity contribution in [2.75, 3.05) is 0 Å². The van der Waals surface area contributed by atoms with Crippen molar-refractivity contribution in [3.05, 3.63) is 66.0 Å². The summed E-state index contributed by atoms with van der Waals surface area (Å²) in [6, 6.07) is 12.2. The number of hydrogen-bond acceptors (Lipinski definition) is 5. The molecule has 0 amide bonds. The van der Waals surface area contributed by atoms with E-state index >= 15 is 0 Å². The van der Waals surface area contributed by atoms with Crippen LogP contribution in [0.4, 0.5) is 0 Å². The summed E-state index contributed by atoms with van der Waals surface area (Å²) in [4.78, 5) is 12.2. The van der Waals surface area contributed by atoms with E-state index in [0.717, 1.165) is 22.5 Å². The van der Waals surface area contributed by atoms with Gasteiger partial charge in [-0.05, 0) is 23.6 Å². The van der Waals surface area contributed by atoms with Crippen molar-refractivity contribution in [1.82, 2.24) is 14.5 Å². The molecule has 1 aliphatic rings. The van der Waals surface area contributed by atoms with Gasteiger partial charge in [0.05, 0.1) is 11.8 Å². The van der Waals surface area contributed by atoms with Crippen molar-refractivity contribution in [2.24, 2.45) is 5.92 Å². The third-order valence-electron chi connectivity index (χ3n) is 5.64. The summed E-state index contributed by atoms with van der Waals surface area (Å²) < 4.78 is 30.4. The van der Waals surface area contributed by atoms with Crippen LogP contribution in [-0.4, -0.2) is 42.9 Å². The van der Waals surface area contributed by atoms with Crippen LogP contribution in [0.25, 0.3) is 5.00 Å². The van der Waals surface area contributed by atoms with Crippen LogP contribution < -0.4 is 4.72 Å². The monoisotopic (exact) mass is 499 g/mol. The number of sulfonamides is 1. The summed E-state index contributed by atoms with van der Waals surface area (Å²) in [7, 11) is -5.58. The van der Waals surface area contributed by atoms with E-state index in [4.69, 9.17) is 0 Å². The van der Waals surface area contributed by atoms with E-state index in [0.29, 0.717) is 5.00 Å². The molecule has 7 nitrogen and oxygen atoms in total. The van der Waals surface area contributed by atoms with Gasteiger partial charge in [-0.15, -0.1) is 16.9 Å². The number of thiophene rings is 1. The van der Waals surface area contributed by atoms with Crippen LogP contribution in [0.2, 0.25) is 19.6 Å². The molecular weight excluding hydrogens is 474 g/mol. The van der Waals surface area contributed by atoms with E-state index in [1.807, 2.05) is 30.3 Å². The fourth-order valence-corrected chi connectivity index (χ4v) is 7.12. The zero-order valence-corrected chi connectivity index (χ0v) is 21.4. The molecule has 0 unspecified atom stereocenters. The molecule has 4 rings (SSSR count). The van der Waals surface area contributed by atoms with Crippen LogP contribution in [0.15, 0.2) is 59.1 Å². The van der Waals surface area contributed by atoms with E-state index in [9.17, 15) is 18.3 Å². The topological polar surface area (TPSA) is 101 Å². The minimum absolute atomic E-state index is 0.0364. The number of carbonyl (C=O) groups is 1. The van der Waals surface area contributed by atoms with Crippen LogP contribution >= 0.6 is 11.3 Å². The summed E-state index contributed by atoms with van der Waals surface area (Å²) in [5, 5.41) is 14.9. The first-order chi connectivity index (χ1) is 15.4. The Kier molecular flexibility index (Phi) is 5.86. The molecule has 172 valence electrons. The van der Waals surface area contributed by atoms with Crippen LogP contribution in [0.1, 0.15) is 24.0 Å². The van der Waals surface area contributed by atoms with E-state index in [1.54, 1.807) is 30.1 Å². The normalized spacial score (nSPS) is 22.4. The molecule has 0 aliphatic heterocycles. The number of benzene rings is 1. The maximum absolute atomic E-state index is 13.2. The Balaban J connectivity index is 1.59. The standard InChI is InChI=1S/C23H25N3O4S2Si/c1-16-21(18-8-6-5-7-9-18)23(16,22(27)28)25-32(29,30)20-11-10-19(31-20)26-15-17(14-24-26)12-13-33(2,3)4/h5-11,14-16,21,25H,1-4H3,(H,27,28)/t16-,21-,23+/m1/s1. The Bertz CT molecular complexity index is 1360. The number of nitrogens with zero attached hydrogens (tertiary/aromatic N) is 2. The van der Waals surface area contributed by atoms with Gasteiger partial charge in [-0.25, -0.2) is 13.1 Å². The van der Waals surface area contributed by atoms with Crippen LogP contribution in [0.5, 0.6) is 0 Å². The predicted octanol–water partition coefficient (Wildman–Crippen LogP) is 3.70. The van der Waals surface area contributed by atoms with Crippen LogP contribution in [0, 0.1) is 17.4 Å². The Morgan fingerprint density at radius 3 is 2.55 bits per heavy atom. The van der Waals surface area contributed by atoms with Gasteiger partial charge < -0.3 is 5.11 Å². The second-order valence-electron chi connectivity index (χ2n) is 9.22. The van der Waals surface area contributed by atoms with Gasteiger partial charge in [0.2, 0.25) is 0 Å². The van der Waals surface area contributed by atoms with Gasteiger partial charge in [-0.1, -0.05) is 62.8 Å². The number of nitrogens with one attached hydrogen (secondary N) is 1. The molecule has 2 heterocycles. The molecule has 0 spiro atoms. The average molecular weight is 500 g/mol. The third kappa shape index (κ3) is 4.54. The fraction of sp³-hybridized carbons (Fsp3) is 0.304. The van der Waals surface area contributed by atoms with Gasteiger partial charge >= 0.3 is 5.97 Å². The van der Waals surface area contributed by atoms with Crippen molar-refractivity contribution in [3.8, 4) is 16.5 Å². The van der Waals surface area contributed by atoms with E-state index in [1.165, 1.54) is 6.07 Å². The first-order valence-electron chi connectivity index (χ1n) is 10.4. The number of rotatable bonds is 6. The van der Waals surface area contributed by atoms with E-state index in [-0.39, 0.29) is 10.1 Å². The minimum atomic E-state index is -4.06.